The summed E-state index contributed by atoms with van der Waals surface area (Å²) in [7, 11) is 0. The van der Waals surface area contributed by atoms with Gasteiger partial charge in [-0.25, -0.2) is 4.98 Å². The summed E-state index contributed by atoms with van der Waals surface area (Å²) in [6, 6.07) is 7.77. The van der Waals surface area contributed by atoms with Crippen LogP contribution in [0.4, 0.5) is 5.82 Å². The van der Waals surface area contributed by atoms with Crippen molar-refractivity contribution in [3.8, 4) is 0 Å². The molecule has 0 radical (unpaired) electrons. The molecular formula is C9H7N5. The minimum absolute atomic E-state index is 0.434. The monoisotopic (exact) mass is 185 g/mol. The van der Waals surface area contributed by atoms with E-state index in [0.717, 1.165) is 16.4 Å². The van der Waals surface area contributed by atoms with Crippen LogP contribution >= 0.6 is 0 Å². The standard InChI is InChI=1S/C9H7N5/c10-9-8-6-3-1-2-4-7(6)11-5-14(8)13-12-9/h1-5H,10H2. The van der Waals surface area contributed by atoms with E-state index in [4.69, 9.17) is 5.73 Å². The highest BCUT2D eigenvalue weighted by atomic mass is 15.4. The second kappa shape index (κ2) is 2.41. The Morgan fingerprint density at radius 2 is 2.07 bits per heavy atom. The van der Waals surface area contributed by atoms with Crippen molar-refractivity contribution in [1.29, 1.82) is 0 Å². The van der Waals surface area contributed by atoms with Crippen molar-refractivity contribution < 1.29 is 0 Å². The fraction of sp³-hybridized carbons (Fsp3) is 0. The van der Waals surface area contributed by atoms with Crippen LogP contribution in [0.5, 0.6) is 0 Å². The maximum atomic E-state index is 5.72. The van der Waals surface area contributed by atoms with Gasteiger partial charge >= 0.3 is 0 Å². The maximum absolute atomic E-state index is 5.72. The van der Waals surface area contributed by atoms with Crippen LogP contribution in [0, 0.1) is 0 Å². The number of benzene rings is 1. The molecule has 0 spiro atoms. The molecule has 68 valence electrons. The van der Waals surface area contributed by atoms with Crippen molar-refractivity contribution in [2.45, 2.75) is 0 Å². The van der Waals surface area contributed by atoms with Gasteiger partial charge < -0.3 is 5.73 Å². The van der Waals surface area contributed by atoms with E-state index in [0.29, 0.717) is 5.82 Å². The molecule has 3 rings (SSSR count). The first-order chi connectivity index (χ1) is 6.86. The van der Waals surface area contributed by atoms with Crippen LogP contribution in [0.3, 0.4) is 0 Å². The molecule has 2 heterocycles. The lowest BCUT2D eigenvalue weighted by Gasteiger charge is -1.98. The van der Waals surface area contributed by atoms with Crippen molar-refractivity contribution >= 4 is 22.2 Å². The number of rotatable bonds is 0. The molecule has 3 aromatic rings. The van der Waals surface area contributed by atoms with Gasteiger partial charge in [0.25, 0.3) is 0 Å². The number of para-hydroxylation sites is 1. The third-order valence-electron chi connectivity index (χ3n) is 2.19. The predicted molar refractivity (Wildman–Crippen MR) is 52.7 cm³/mol. The van der Waals surface area contributed by atoms with Crippen molar-refractivity contribution in [2.24, 2.45) is 0 Å². The molecule has 0 aliphatic carbocycles. The normalized spacial score (nSPS) is 11.1. The predicted octanol–water partition coefficient (Wildman–Crippen LogP) is 0.860. The Labute approximate surface area is 79.2 Å². The molecule has 0 fully saturated rings. The molecule has 0 amide bonds. The Bertz CT molecular complexity index is 613. The number of aromatic nitrogens is 4. The second-order valence-electron chi connectivity index (χ2n) is 3.03. The quantitative estimate of drug-likeness (QED) is 0.564. The molecule has 0 aliphatic rings. The van der Waals surface area contributed by atoms with Gasteiger partial charge in [0.1, 0.15) is 11.8 Å². The first kappa shape index (κ1) is 7.25. The molecule has 0 atom stereocenters. The highest BCUT2D eigenvalue weighted by Gasteiger charge is 2.06. The Kier molecular flexibility index (Phi) is 1.25. The number of hydrogen-bond donors (Lipinski definition) is 1. The number of nitrogens with zero attached hydrogens (tertiary/aromatic N) is 4. The van der Waals surface area contributed by atoms with Crippen LogP contribution in [-0.4, -0.2) is 19.8 Å². The summed E-state index contributed by atoms with van der Waals surface area (Å²) in [6.07, 6.45) is 1.61. The van der Waals surface area contributed by atoms with E-state index in [2.05, 4.69) is 15.3 Å². The van der Waals surface area contributed by atoms with Crippen LogP contribution in [-0.2, 0) is 0 Å². The van der Waals surface area contributed by atoms with Crippen molar-refractivity contribution in [3.05, 3.63) is 30.6 Å². The number of nitrogen functional groups attached to an aromatic ring is 1. The highest BCUT2D eigenvalue weighted by molar-refractivity contribution is 5.97. The lowest BCUT2D eigenvalue weighted by molar-refractivity contribution is 0.842. The zero-order valence-electron chi connectivity index (χ0n) is 7.25. The summed E-state index contributed by atoms with van der Waals surface area (Å²) in [5.41, 5.74) is 7.43. The molecular weight excluding hydrogens is 178 g/mol. The third-order valence-corrected chi connectivity index (χ3v) is 2.19. The van der Waals surface area contributed by atoms with Crippen LogP contribution in [0.15, 0.2) is 30.6 Å². The average Bonchev–Trinajstić information content (AvgIpc) is 2.61. The van der Waals surface area contributed by atoms with Crippen molar-refractivity contribution in [2.75, 3.05) is 5.73 Å². The fourth-order valence-electron chi connectivity index (χ4n) is 1.55. The van der Waals surface area contributed by atoms with Crippen LogP contribution in [0.1, 0.15) is 0 Å². The van der Waals surface area contributed by atoms with E-state index >= 15 is 0 Å². The minimum Gasteiger partial charge on any atom is -0.380 e. The van der Waals surface area contributed by atoms with Gasteiger partial charge in [-0.15, -0.1) is 5.10 Å². The molecule has 2 N–H and O–H groups in total. The zero-order chi connectivity index (χ0) is 9.54. The molecule has 0 bridgehead atoms. The highest BCUT2D eigenvalue weighted by Crippen LogP contribution is 2.20. The largest absolute Gasteiger partial charge is 0.380 e. The zero-order valence-corrected chi connectivity index (χ0v) is 7.25. The van der Waals surface area contributed by atoms with Crippen LogP contribution in [0.25, 0.3) is 16.4 Å². The van der Waals surface area contributed by atoms with Gasteiger partial charge in [-0.2, -0.15) is 4.52 Å². The molecule has 5 heteroatoms. The van der Waals surface area contributed by atoms with Crippen LogP contribution < -0.4 is 5.73 Å². The molecule has 2 aromatic heterocycles. The fourth-order valence-corrected chi connectivity index (χ4v) is 1.55. The average molecular weight is 185 g/mol. The number of hydrogen-bond acceptors (Lipinski definition) is 4. The van der Waals surface area contributed by atoms with E-state index in [1.54, 1.807) is 10.8 Å². The minimum atomic E-state index is 0.434. The summed E-state index contributed by atoms with van der Waals surface area (Å²) in [5.74, 6) is 0.434. The summed E-state index contributed by atoms with van der Waals surface area (Å²) in [6.45, 7) is 0. The Morgan fingerprint density at radius 3 is 3.00 bits per heavy atom. The van der Waals surface area contributed by atoms with E-state index in [1.807, 2.05) is 24.3 Å². The van der Waals surface area contributed by atoms with Gasteiger partial charge in [0.05, 0.1) is 5.52 Å². The summed E-state index contributed by atoms with van der Waals surface area (Å²) < 4.78 is 1.58. The van der Waals surface area contributed by atoms with Gasteiger partial charge in [0.2, 0.25) is 0 Å². The number of fused-ring (bicyclic) bond motifs is 3. The summed E-state index contributed by atoms with van der Waals surface area (Å²) in [5, 5.41) is 8.61. The molecule has 5 nitrogen and oxygen atoms in total. The Balaban J connectivity index is 2.65. The van der Waals surface area contributed by atoms with Gasteiger partial charge in [-0.05, 0) is 6.07 Å². The molecule has 0 aliphatic heterocycles. The number of nitrogens with two attached hydrogens (primary N) is 1. The third kappa shape index (κ3) is 0.806. The van der Waals surface area contributed by atoms with E-state index in [-0.39, 0.29) is 0 Å². The first-order valence-electron chi connectivity index (χ1n) is 4.20. The molecule has 1 aromatic carbocycles. The van der Waals surface area contributed by atoms with Gasteiger partial charge in [0, 0.05) is 5.39 Å². The topological polar surface area (TPSA) is 69.1 Å². The summed E-state index contributed by atoms with van der Waals surface area (Å²) >= 11 is 0. The molecule has 0 saturated heterocycles. The van der Waals surface area contributed by atoms with Crippen molar-refractivity contribution in [1.82, 2.24) is 19.8 Å². The maximum Gasteiger partial charge on any atom is 0.174 e. The number of anilines is 1. The molecule has 14 heavy (non-hydrogen) atoms. The van der Waals surface area contributed by atoms with Gasteiger partial charge in [-0.3, -0.25) is 0 Å². The lowest BCUT2D eigenvalue weighted by atomic mass is 10.2. The first-order valence-corrected chi connectivity index (χ1v) is 4.20. The molecule has 0 saturated carbocycles. The van der Waals surface area contributed by atoms with Gasteiger partial charge in [-0.1, -0.05) is 23.4 Å². The second-order valence-corrected chi connectivity index (χ2v) is 3.03. The van der Waals surface area contributed by atoms with Crippen molar-refractivity contribution in [3.63, 3.8) is 0 Å². The van der Waals surface area contributed by atoms with Gasteiger partial charge in [0.15, 0.2) is 5.82 Å². The Hall–Kier alpha value is -2.17. The Morgan fingerprint density at radius 1 is 1.21 bits per heavy atom. The van der Waals surface area contributed by atoms with E-state index in [1.165, 1.54) is 0 Å². The smallest absolute Gasteiger partial charge is 0.174 e. The SMILES string of the molecule is Nc1nnn2cnc3ccccc3c12. The van der Waals surface area contributed by atoms with E-state index < -0.39 is 0 Å². The van der Waals surface area contributed by atoms with E-state index in [9.17, 15) is 0 Å². The molecule has 0 unspecified atom stereocenters. The lowest BCUT2D eigenvalue weighted by Crippen LogP contribution is -1.91. The summed E-state index contributed by atoms with van der Waals surface area (Å²) in [4.78, 5) is 4.23. The van der Waals surface area contributed by atoms with Crippen LogP contribution in [0.2, 0.25) is 0 Å².